The van der Waals surface area contributed by atoms with Crippen LogP contribution < -0.4 is 5.32 Å². The van der Waals surface area contributed by atoms with Gasteiger partial charge in [-0.05, 0) is 35.4 Å². The molecule has 0 heterocycles. The zero-order valence-corrected chi connectivity index (χ0v) is 13.7. The van der Waals surface area contributed by atoms with Crippen molar-refractivity contribution in [2.45, 2.75) is 46.0 Å². The van der Waals surface area contributed by atoms with E-state index in [1.165, 1.54) is 16.7 Å². The standard InChI is InChI=1S/C20H25NO/c1-4-16-12-9-13-17(5-2)20(16)21-19(22)14-15(3)18-10-7-6-8-11-18/h6-13,15H,4-5,14H2,1-3H3,(H,21,22)/t15-/m1/s1. The van der Waals surface area contributed by atoms with Crippen LogP contribution in [0.5, 0.6) is 0 Å². The van der Waals surface area contributed by atoms with Crippen LogP contribution in [-0.2, 0) is 17.6 Å². The third kappa shape index (κ3) is 3.97. The van der Waals surface area contributed by atoms with Gasteiger partial charge in [-0.25, -0.2) is 0 Å². The summed E-state index contributed by atoms with van der Waals surface area (Å²) in [7, 11) is 0. The summed E-state index contributed by atoms with van der Waals surface area (Å²) in [5.41, 5.74) is 4.63. The quantitative estimate of drug-likeness (QED) is 0.803. The van der Waals surface area contributed by atoms with Crippen molar-refractivity contribution < 1.29 is 4.79 Å². The fourth-order valence-electron chi connectivity index (χ4n) is 2.77. The predicted molar refractivity (Wildman–Crippen MR) is 93.3 cm³/mol. The summed E-state index contributed by atoms with van der Waals surface area (Å²) in [4.78, 5) is 12.4. The fraction of sp³-hybridized carbons (Fsp3) is 0.350. The van der Waals surface area contributed by atoms with E-state index in [9.17, 15) is 4.79 Å². The molecule has 1 amide bonds. The molecule has 1 atom stereocenters. The Bertz CT molecular complexity index is 597. The Kier molecular flexibility index (Phi) is 5.76. The maximum atomic E-state index is 12.4. The van der Waals surface area contributed by atoms with Crippen molar-refractivity contribution >= 4 is 11.6 Å². The van der Waals surface area contributed by atoms with E-state index in [1.54, 1.807) is 0 Å². The molecule has 0 unspecified atom stereocenters. The lowest BCUT2D eigenvalue weighted by Crippen LogP contribution is -2.16. The van der Waals surface area contributed by atoms with Crippen molar-refractivity contribution in [3.8, 4) is 0 Å². The third-order valence-electron chi connectivity index (χ3n) is 4.12. The summed E-state index contributed by atoms with van der Waals surface area (Å²) in [6, 6.07) is 16.5. The van der Waals surface area contributed by atoms with Crippen LogP contribution in [0.2, 0.25) is 0 Å². The van der Waals surface area contributed by atoms with Gasteiger partial charge in [0.1, 0.15) is 0 Å². The van der Waals surface area contributed by atoms with Gasteiger partial charge in [0, 0.05) is 12.1 Å². The Labute approximate surface area is 133 Å². The number of carbonyl (C=O) groups is 1. The van der Waals surface area contributed by atoms with Gasteiger partial charge >= 0.3 is 0 Å². The van der Waals surface area contributed by atoms with Gasteiger partial charge in [-0.2, -0.15) is 0 Å². The Morgan fingerprint density at radius 2 is 1.55 bits per heavy atom. The zero-order chi connectivity index (χ0) is 15.9. The first-order chi connectivity index (χ1) is 10.7. The van der Waals surface area contributed by atoms with Gasteiger partial charge < -0.3 is 5.32 Å². The van der Waals surface area contributed by atoms with E-state index in [1.807, 2.05) is 18.2 Å². The van der Waals surface area contributed by atoms with E-state index >= 15 is 0 Å². The molecule has 0 radical (unpaired) electrons. The summed E-state index contributed by atoms with van der Waals surface area (Å²) in [5, 5.41) is 3.14. The Hall–Kier alpha value is -2.09. The monoisotopic (exact) mass is 295 g/mol. The van der Waals surface area contributed by atoms with Gasteiger partial charge in [0.15, 0.2) is 0 Å². The number of para-hydroxylation sites is 1. The van der Waals surface area contributed by atoms with Crippen molar-refractivity contribution in [3.63, 3.8) is 0 Å². The molecule has 0 spiro atoms. The molecule has 0 saturated carbocycles. The van der Waals surface area contributed by atoms with Crippen LogP contribution >= 0.6 is 0 Å². The average molecular weight is 295 g/mol. The highest BCUT2D eigenvalue weighted by Crippen LogP contribution is 2.24. The van der Waals surface area contributed by atoms with Gasteiger partial charge in [0.25, 0.3) is 0 Å². The number of nitrogens with one attached hydrogen (secondary N) is 1. The Morgan fingerprint density at radius 3 is 2.09 bits per heavy atom. The fourth-order valence-corrected chi connectivity index (χ4v) is 2.77. The lowest BCUT2D eigenvalue weighted by Gasteiger charge is -2.16. The third-order valence-corrected chi connectivity index (χ3v) is 4.12. The molecule has 2 heteroatoms. The van der Waals surface area contributed by atoms with Crippen LogP contribution in [0.1, 0.15) is 49.8 Å². The van der Waals surface area contributed by atoms with Crippen molar-refractivity contribution in [2.75, 3.05) is 5.32 Å². The number of aryl methyl sites for hydroxylation is 2. The molecule has 0 aliphatic heterocycles. The average Bonchev–Trinajstić information content (AvgIpc) is 2.55. The molecule has 116 valence electrons. The van der Waals surface area contributed by atoms with Crippen LogP contribution in [0.3, 0.4) is 0 Å². The number of carbonyl (C=O) groups excluding carboxylic acids is 1. The number of hydrogen-bond acceptors (Lipinski definition) is 1. The zero-order valence-electron chi connectivity index (χ0n) is 13.7. The van der Waals surface area contributed by atoms with E-state index in [-0.39, 0.29) is 11.8 Å². The Balaban J connectivity index is 2.09. The number of amides is 1. The lowest BCUT2D eigenvalue weighted by atomic mass is 9.97. The molecular formula is C20H25NO. The first kappa shape index (κ1) is 16.3. The van der Waals surface area contributed by atoms with Crippen molar-refractivity contribution in [1.29, 1.82) is 0 Å². The van der Waals surface area contributed by atoms with Gasteiger partial charge in [-0.15, -0.1) is 0 Å². The van der Waals surface area contributed by atoms with Crippen LogP contribution in [0.15, 0.2) is 48.5 Å². The van der Waals surface area contributed by atoms with Gasteiger partial charge in [-0.3, -0.25) is 4.79 Å². The van der Waals surface area contributed by atoms with Gasteiger partial charge in [0.05, 0.1) is 0 Å². The molecule has 1 N–H and O–H groups in total. The SMILES string of the molecule is CCc1cccc(CC)c1NC(=O)C[C@@H](C)c1ccccc1. The topological polar surface area (TPSA) is 29.1 Å². The second-order valence-corrected chi connectivity index (χ2v) is 5.72. The molecule has 2 aromatic rings. The van der Waals surface area contributed by atoms with Crippen LogP contribution in [0.25, 0.3) is 0 Å². The number of anilines is 1. The summed E-state index contributed by atoms with van der Waals surface area (Å²) in [5.74, 6) is 0.312. The minimum atomic E-state index is 0.0898. The molecule has 0 aliphatic rings. The summed E-state index contributed by atoms with van der Waals surface area (Å²) in [6.07, 6.45) is 2.36. The molecule has 0 saturated heterocycles. The van der Waals surface area contributed by atoms with E-state index in [4.69, 9.17) is 0 Å². The molecule has 0 aromatic heterocycles. The Morgan fingerprint density at radius 1 is 0.955 bits per heavy atom. The normalized spacial score (nSPS) is 12.0. The molecule has 22 heavy (non-hydrogen) atoms. The predicted octanol–water partition coefficient (Wildman–Crippen LogP) is 4.94. The summed E-state index contributed by atoms with van der Waals surface area (Å²) < 4.78 is 0. The van der Waals surface area contributed by atoms with Crippen molar-refractivity contribution in [3.05, 3.63) is 65.2 Å². The molecule has 0 fully saturated rings. The second kappa shape index (κ2) is 7.79. The highest BCUT2D eigenvalue weighted by atomic mass is 16.1. The second-order valence-electron chi connectivity index (χ2n) is 5.72. The van der Waals surface area contributed by atoms with E-state index in [0.29, 0.717) is 6.42 Å². The highest BCUT2D eigenvalue weighted by Gasteiger charge is 2.14. The highest BCUT2D eigenvalue weighted by molar-refractivity contribution is 5.92. The number of benzene rings is 2. The molecule has 2 nitrogen and oxygen atoms in total. The van der Waals surface area contributed by atoms with Crippen LogP contribution in [0.4, 0.5) is 5.69 Å². The van der Waals surface area contributed by atoms with Crippen molar-refractivity contribution in [2.24, 2.45) is 0 Å². The minimum Gasteiger partial charge on any atom is -0.326 e. The minimum absolute atomic E-state index is 0.0898. The number of rotatable bonds is 6. The van der Waals surface area contributed by atoms with E-state index in [0.717, 1.165) is 18.5 Å². The van der Waals surface area contributed by atoms with E-state index < -0.39 is 0 Å². The van der Waals surface area contributed by atoms with Crippen molar-refractivity contribution in [1.82, 2.24) is 0 Å². The molecular weight excluding hydrogens is 270 g/mol. The molecule has 0 aliphatic carbocycles. The van der Waals surface area contributed by atoms with Gasteiger partial charge in [-0.1, -0.05) is 69.3 Å². The first-order valence-electron chi connectivity index (χ1n) is 8.11. The summed E-state index contributed by atoms with van der Waals surface area (Å²) >= 11 is 0. The van der Waals surface area contributed by atoms with Crippen LogP contribution in [-0.4, -0.2) is 5.91 Å². The molecule has 0 bridgehead atoms. The van der Waals surface area contributed by atoms with Crippen LogP contribution in [0, 0.1) is 0 Å². The smallest absolute Gasteiger partial charge is 0.224 e. The largest absolute Gasteiger partial charge is 0.326 e. The molecule has 2 rings (SSSR count). The van der Waals surface area contributed by atoms with E-state index in [2.05, 4.69) is 56.4 Å². The lowest BCUT2D eigenvalue weighted by molar-refractivity contribution is -0.116. The van der Waals surface area contributed by atoms with Gasteiger partial charge in [0.2, 0.25) is 5.91 Å². The first-order valence-corrected chi connectivity index (χ1v) is 8.11. The summed E-state index contributed by atoms with van der Waals surface area (Å²) in [6.45, 7) is 6.34. The number of hydrogen-bond donors (Lipinski definition) is 1. The maximum absolute atomic E-state index is 12.4. The molecule has 2 aromatic carbocycles. The maximum Gasteiger partial charge on any atom is 0.224 e.